The third-order valence-electron chi connectivity index (χ3n) is 5.65. The largest absolute Gasteiger partial charge is 0.480 e. The Morgan fingerprint density at radius 3 is 2.46 bits per heavy atom. The van der Waals surface area contributed by atoms with Crippen molar-refractivity contribution in [1.29, 1.82) is 0 Å². The maximum absolute atomic E-state index is 12.9. The summed E-state index contributed by atoms with van der Waals surface area (Å²) in [5.74, 6) is -0.751. The number of carbonyl (C=O) groups excluding carboxylic acids is 1. The molecule has 0 aliphatic rings. The second-order valence-electron chi connectivity index (χ2n) is 8.46. The second kappa shape index (κ2) is 10.5. The molecule has 0 bridgehead atoms. The number of aromatic nitrogens is 3. The van der Waals surface area contributed by atoms with Crippen molar-refractivity contribution < 1.29 is 14.7 Å². The van der Waals surface area contributed by atoms with E-state index in [1.165, 1.54) is 0 Å². The van der Waals surface area contributed by atoms with Crippen molar-refractivity contribution in [3.05, 3.63) is 87.0 Å². The number of aryl methyl sites for hydroxylation is 3. The zero-order chi connectivity index (χ0) is 24.9. The highest BCUT2D eigenvalue weighted by Crippen LogP contribution is 2.23. The van der Waals surface area contributed by atoms with Gasteiger partial charge in [0.05, 0.1) is 12.2 Å². The first kappa shape index (κ1) is 24.2. The van der Waals surface area contributed by atoms with E-state index in [1.54, 1.807) is 23.7 Å². The fourth-order valence-corrected chi connectivity index (χ4v) is 4.80. The molecule has 0 fully saturated rings. The molecule has 0 saturated heterocycles. The number of hydrogen-bond donors (Lipinski definition) is 4. The number of aliphatic carboxylic acids is 1. The van der Waals surface area contributed by atoms with Gasteiger partial charge in [0.25, 0.3) is 5.91 Å². The first-order valence-electron chi connectivity index (χ1n) is 11.2. The van der Waals surface area contributed by atoms with Gasteiger partial charge < -0.3 is 20.7 Å². The Kier molecular flexibility index (Phi) is 7.26. The highest BCUT2D eigenvalue weighted by Gasteiger charge is 2.23. The third-order valence-corrected chi connectivity index (χ3v) is 6.50. The van der Waals surface area contributed by atoms with E-state index in [9.17, 15) is 14.7 Å². The molecule has 4 aromatic rings. The highest BCUT2D eigenvalue weighted by molar-refractivity contribution is 7.09. The summed E-state index contributed by atoms with van der Waals surface area (Å²) in [5, 5.41) is 18.5. The molecule has 4 rings (SSSR count). The molecule has 2 aromatic carbocycles. The van der Waals surface area contributed by atoms with Gasteiger partial charge in [-0.1, -0.05) is 42.0 Å². The van der Waals surface area contributed by atoms with Crippen molar-refractivity contribution in [1.82, 2.24) is 20.3 Å². The lowest BCUT2D eigenvalue weighted by atomic mass is 9.98. The number of carboxylic acids is 1. The minimum Gasteiger partial charge on any atom is -0.480 e. The molecule has 1 amide bonds. The average Bonchev–Trinajstić information content (AvgIpc) is 3.49. The normalized spacial score (nSPS) is 11.7. The van der Waals surface area contributed by atoms with E-state index in [0.717, 1.165) is 38.5 Å². The van der Waals surface area contributed by atoms with Crippen LogP contribution in [-0.4, -0.2) is 38.0 Å². The summed E-state index contributed by atoms with van der Waals surface area (Å²) in [6, 6.07) is 10.4. The molecule has 1 atom stereocenters. The van der Waals surface area contributed by atoms with Gasteiger partial charge in [0.1, 0.15) is 11.0 Å². The summed E-state index contributed by atoms with van der Waals surface area (Å²) in [6.45, 7) is 6.26. The van der Waals surface area contributed by atoms with Crippen LogP contribution in [0.1, 0.15) is 37.6 Å². The van der Waals surface area contributed by atoms with Gasteiger partial charge in [-0.25, -0.2) is 14.8 Å². The first-order chi connectivity index (χ1) is 16.8. The monoisotopic (exact) mass is 489 g/mol. The molecule has 2 heterocycles. The van der Waals surface area contributed by atoms with Crippen molar-refractivity contribution >= 4 is 29.2 Å². The molecule has 180 valence electrons. The van der Waals surface area contributed by atoms with Gasteiger partial charge in [-0.3, -0.25) is 4.79 Å². The molecule has 2 aromatic heterocycles. The number of hydrogen-bond acceptors (Lipinski definition) is 6. The Bertz CT molecular complexity index is 1310. The summed E-state index contributed by atoms with van der Waals surface area (Å²) < 4.78 is 0. The highest BCUT2D eigenvalue weighted by atomic mass is 32.1. The Morgan fingerprint density at radius 1 is 1.11 bits per heavy atom. The van der Waals surface area contributed by atoms with E-state index < -0.39 is 12.0 Å². The fourth-order valence-electron chi connectivity index (χ4n) is 4.06. The lowest BCUT2D eigenvalue weighted by Gasteiger charge is -2.17. The maximum atomic E-state index is 12.9. The van der Waals surface area contributed by atoms with E-state index in [-0.39, 0.29) is 12.3 Å². The molecular formula is C26H27N5O3S. The van der Waals surface area contributed by atoms with Crippen molar-refractivity contribution in [3.63, 3.8) is 0 Å². The number of thiazole rings is 1. The Labute approximate surface area is 207 Å². The molecule has 35 heavy (non-hydrogen) atoms. The van der Waals surface area contributed by atoms with Crippen molar-refractivity contribution in [2.45, 2.75) is 39.8 Å². The summed E-state index contributed by atoms with van der Waals surface area (Å²) in [5.41, 5.74) is 5.85. The number of carboxylic acid groups (broad SMARTS) is 1. The van der Waals surface area contributed by atoms with Crippen LogP contribution in [-0.2, 0) is 17.8 Å². The average molecular weight is 490 g/mol. The maximum Gasteiger partial charge on any atom is 0.326 e. The van der Waals surface area contributed by atoms with Crippen LogP contribution in [0.4, 0.5) is 5.95 Å². The number of imidazole rings is 1. The molecule has 4 N–H and O–H groups in total. The molecule has 0 saturated carbocycles. The van der Waals surface area contributed by atoms with Gasteiger partial charge in [0.2, 0.25) is 0 Å². The van der Waals surface area contributed by atoms with Crippen molar-refractivity contribution in [2.75, 3.05) is 5.32 Å². The van der Waals surface area contributed by atoms with Gasteiger partial charge in [-0.2, -0.15) is 0 Å². The summed E-state index contributed by atoms with van der Waals surface area (Å²) in [7, 11) is 0. The quantitative estimate of drug-likeness (QED) is 0.275. The van der Waals surface area contributed by atoms with Crippen LogP contribution < -0.4 is 10.6 Å². The number of H-pyrrole nitrogens is 1. The smallest absolute Gasteiger partial charge is 0.326 e. The topological polar surface area (TPSA) is 120 Å². The zero-order valence-corrected chi connectivity index (χ0v) is 20.6. The number of nitrogens with one attached hydrogen (secondary N) is 3. The minimum absolute atomic E-state index is 0.181. The number of aromatic amines is 1. The predicted molar refractivity (Wildman–Crippen MR) is 137 cm³/mol. The van der Waals surface area contributed by atoms with Crippen LogP contribution in [0, 0.1) is 20.8 Å². The van der Waals surface area contributed by atoms with Gasteiger partial charge in [-0.15, -0.1) is 11.3 Å². The fraction of sp³-hybridized carbons (Fsp3) is 0.231. The molecule has 0 spiro atoms. The van der Waals surface area contributed by atoms with E-state index in [1.807, 2.05) is 62.5 Å². The summed E-state index contributed by atoms with van der Waals surface area (Å²) >= 11 is 1.55. The predicted octanol–water partition coefficient (Wildman–Crippen LogP) is 4.50. The van der Waals surface area contributed by atoms with Gasteiger partial charge in [0, 0.05) is 35.3 Å². The lowest BCUT2D eigenvalue weighted by molar-refractivity contribution is -0.139. The third kappa shape index (κ3) is 5.93. The molecule has 0 aliphatic carbocycles. The van der Waals surface area contributed by atoms with Gasteiger partial charge >= 0.3 is 5.97 Å². The standard InChI is InChI=1S/C26H27N5O3S/c1-15-10-16(2)23(17(3)11-15)24(32)31-20(25(33)34)12-18-4-6-19(7-5-18)21-14-35-22(30-21)13-29-26-27-8-9-28-26/h4-11,14,20H,12-13H2,1-3H3,(H,31,32)(H,33,34)(H2,27,28,29). The van der Waals surface area contributed by atoms with Crippen LogP contribution in [0.5, 0.6) is 0 Å². The number of carbonyl (C=O) groups is 2. The van der Waals surface area contributed by atoms with Gasteiger partial charge in [0.15, 0.2) is 5.95 Å². The molecule has 0 aliphatic heterocycles. The number of benzene rings is 2. The van der Waals surface area contributed by atoms with E-state index in [2.05, 4.69) is 25.6 Å². The van der Waals surface area contributed by atoms with Crippen LogP contribution >= 0.6 is 11.3 Å². The molecule has 0 radical (unpaired) electrons. The molecule has 8 nitrogen and oxygen atoms in total. The van der Waals surface area contributed by atoms with Crippen molar-refractivity contribution in [2.24, 2.45) is 0 Å². The summed E-state index contributed by atoms with van der Waals surface area (Å²) in [6.07, 6.45) is 3.62. The van der Waals surface area contributed by atoms with E-state index in [0.29, 0.717) is 18.1 Å². The van der Waals surface area contributed by atoms with Crippen LogP contribution in [0.25, 0.3) is 11.3 Å². The van der Waals surface area contributed by atoms with E-state index in [4.69, 9.17) is 0 Å². The number of rotatable bonds is 9. The summed E-state index contributed by atoms with van der Waals surface area (Å²) in [4.78, 5) is 36.6. The molecule has 9 heteroatoms. The van der Waals surface area contributed by atoms with Crippen molar-refractivity contribution in [3.8, 4) is 11.3 Å². The van der Waals surface area contributed by atoms with Gasteiger partial charge in [-0.05, 0) is 37.5 Å². The molecular weight excluding hydrogens is 462 g/mol. The van der Waals surface area contributed by atoms with Crippen LogP contribution in [0.3, 0.4) is 0 Å². The SMILES string of the molecule is Cc1cc(C)c(C(=O)NC(Cc2ccc(-c3csc(CNc4ncc[nH]4)n3)cc2)C(=O)O)c(C)c1. The Hall–Kier alpha value is -3.98. The zero-order valence-electron chi connectivity index (χ0n) is 19.8. The number of nitrogens with zero attached hydrogens (tertiary/aromatic N) is 2. The Balaban J connectivity index is 1.41. The van der Waals surface area contributed by atoms with E-state index >= 15 is 0 Å². The first-order valence-corrected chi connectivity index (χ1v) is 12.1. The Morgan fingerprint density at radius 2 is 1.83 bits per heavy atom. The van der Waals surface area contributed by atoms with Crippen LogP contribution in [0.2, 0.25) is 0 Å². The lowest BCUT2D eigenvalue weighted by Crippen LogP contribution is -2.42. The second-order valence-corrected chi connectivity index (χ2v) is 9.40. The number of anilines is 1. The number of amides is 1. The molecule has 1 unspecified atom stereocenters. The van der Waals surface area contributed by atoms with Crippen LogP contribution in [0.15, 0.2) is 54.2 Å². The minimum atomic E-state index is -1.07.